The summed E-state index contributed by atoms with van der Waals surface area (Å²) in [6.07, 6.45) is -3.20. The Bertz CT molecular complexity index is 1290. The molecule has 0 unspecified atom stereocenters. The molecule has 0 bridgehead atoms. The topological polar surface area (TPSA) is 131 Å². The van der Waals surface area contributed by atoms with E-state index in [1.165, 1.54) is 36.5 Å². The van der Waals surface area contributed by atoms with Crippen LogP contribution in [0.25, 0.3) is 0 Å². The zero-order valence-corrected chi connectivity index (χ0v) is 19.1. The first-order valence-electron chi connectivity index (χ1n) is 10.4. The van der Waals surface area contributed by atoms with Gasteiger partial charge in [-0.05, 0) is 24.3 Å². The average Bonchev–Trinajstić information content (AvgIpc) is 2.85. The first-order valence-corrected chi connectivity index (χ1v) is 10.8. The normalized spacial score (nSPS) is 14.2. The highest BCUT2D eigenvalue weighted by atomic mass is 35.5. The van der Waals surface area contributed by atoms with Crippen LogP contribution in [-0.4, -0.2) is 52.4 Å². The molecule has 0 aliphatic carbocycles. The predicted molar refractivity (Wildman–Crippen MR) is 127 cm³/mol. The van der Waals surface area contributed by atoms with Gasteiger partial charge in [0.2, 0.25) is 17.8 Å². The largest absolute Gasteiger partial charge is 0.416 e. The molecule has 2 N–H and O–H groups in total. The molecule has 0 amide bonds. The van der Waals surface area contributed by atoms with Crippen LogP contribution in [0, 0.1) is 10.1 Å². The van der Waals surface area contributed by atoms with Gasteiger partial charge in [0.05, 0.1) is 29.9 Å². The molecule has 1 aliphatic rings. The second-order valence-corrected chi connectivity index (χ2v) is 7.83. The monoisotopic (exact) mass is 522 g/mol. The Kier molecular flexibility index (Phi) is 7.45. The third-order valence-electron chi connectivity index (χ3n) is 4.91. The highest BCUT2D eigenvalue weighted by molar-refractivity contribution is 6.32. The number of morpholine rings is 1. The Balaban J connectivity index is 1.59. The van der Waals surface area contributed by atoms with Crippen molar-refractivity contribution in [3.63, 3.8) is 0 Å². The van der Waals surface area contributed by atoms with Gasteiger partial charge in [-0.25, -0.2) is 5.43 Å². The Labute approximate surface area is 207 Å². The SMILES string of the molecule is O=[N+]([O-])c1cc(C=NNc2nc(Nc3cccc(C(F)(F)F)c3)nc(N3CCOCC3)n2)ccc1Cl. The number of nitrogens with zero attached hydrogens (tertiary/aromatic N) is 6. The Hall–Kier alpha value is -4.04. The van der Waals surface area contributed by atoms with Gasteiger partial charge in [-0.3, -0.25) is 10.1 Å². The van der Waals surface area contributed by atoms with Gasteiger partial charge in [0.1, 0.15) is 5.02 Å². The summed E-state index contributed by atoms with van der Waals surface area (Å²) in [4.78, 5) is 25.1. The maximum atomic E-state index is 13.1. The van der Waals surface area contributed by atoms with Gasteiger partial charge in [0.25, 0.3) is 5.69 Å². The van der Waals surface area contributed by atoms with Crippen molar-refractivity contribution < 1.29 is 22.8 Å². The second kappa shape index (κ2) is 10.7. The molecule has 1 aliphatic heterocycles. The van der Waals surface area contributed by atoms with Crippen molar-refractivity contribution in [1.82, 2.24) is 15.0 Å². The van der Waals surface area contributed by atoms with E-state index >= 15 is 0 Å². The van der Waals surface area contributed by atoms with Gasteiger partial charge >= 0.3 is 6.18 Å². The summed E-state index contributed by atoms with van der Waals surface area (Å²) >= 11 is 5.82. The van der Waals surface area contributed by atoms with Gasteiger partial charge in [0, 0.05) is 30.4 Å². The molecule has 2 heterocycles. The van der Waals surface area contributed by atoms with Crippen molar-refractivity contribution in [1.29, 1.82) is 0 Å². The summed E-state index contributed by atoms with van der Waals surface area (Å²) in [7, 11) is 0. The molecule has 0 saturated carbocycles. The standard InChI is InChI=1S/C21H18ClF3N8O3/c22-16-5-4-13(10-17(16)33(34)35)12-26-31-19-28-18(29-20(30-19)32-6-8-36-9-7-32)27-15-3-1-2-14(11-15)21(23,24)25/h1-5,10-12H,6-9H2,(H2,27,28,29,30,31). The summed E-state index contributed by atoms with van der Waals surface area (Å²) < 4.78 is 44.6. The van der Waals surface area contributed by atoms with Gasteiger partial charge in [-0.1, -0.05) is 23.7 Å². The number of nitro groups is 1. The maximum absolute atomic E-state index is 13.1. The lowest BCUT2D eigenvalue weighted by molar-refractivity contribution is -0.384. The minimum atomic E-state index is -4.51. The van der Waals surface area contributed by atoms with Crippen molar-refractivity contribution >= 4 is 47.0 Å². The number of nitro benzene ring substituents is 1. The molecular formula is C21H18ClF3N8O3. The number of halogens is 4. The smallest absolute Gasteiger partial charge is 0.378 e. The molecule has 36 heavy (non-hydrogen) atoms. The first kappa shape index (κ1) is 25.1. The molecule has 0 radical (unpaired) electrons. The lowest BCUT2D eigenvalue weighted by Crippen LogP contribution is -2.37. The Morgan fingerprint density at radius 3 is 2.58 bits per heavy atom. The first-order chi connectivity index (χ1) is 17.2. The van der Waals surface area contributed by atoms with E-state index in [-0.39, 0.29) is 34.2 Å². The molecule has 3 aromatic rings. The molecule has 2 aromatic carbocycles. The second-order valence-electron chi connectivity index (χ2n) is 7.42. The fourth-order valence-corrected chi connectivity index (χ4v) is 3.38. The molecule has 188 valence electrons. The number of aromatic nitrogens is 3. The minimum Gasteiger partial charge on any atom is -0.378 e. The number of benzene rings is 2. The molecule has 1 fully saturated rings. The molecule has 0 atom stereocenters. The summed E-state index contributed by atoms with van der Waals surface area (Å²) in [5, 5.41) is 17.8. The Morgan fingerprint density at radius 1 is 1.11 bits per heavy atom. The van der Waals surface area contributed by atoms with Crippen molar-refractivity contribution in [3.8, 4) is 0 Å². The number of hydrogen-bond acceptors (Lipinski definition) is 10. The summed E-state index contributed by atoms with van der Waals surface area (Å²) in [6, 6.07) is 8.78. The highest BCUT2D eigenvalue weighted by Crippen LogP contribution is 2.31. The highest BCUT2D eigenvalue weighted by Gasteiger charge is 2.30. The molecule has 1 saturated heterocycles. The summed E-state index contributed by atoms with van der Waals surface area (Å²) in [6.45, 7) is 1.92. The van der Waals surface area contributed by atoms with E-state index < -0.39 is 16.7 Å². The van der Waals surface area contributed by atoms with Gasteiger partial charge < -0.3 is 15.0 Å². The molecule has 15 heteroatoms. The van der Waals surface area contributed by atoms with E-state index in [1.807, 2.05) is 4.90 Å². The number of rotatable bonds is 7. The summed E-state index contributed by atoms with van der Waals surface area (Å²) in [5.74, 6) is 0.258. The molecule has 0 spiro atoms. The van der Waals surface area contributed by atoms with Crippen LogP contribution in [0.2, 0.25) is 5.02 Å². The van der Waals surface area contributed by atoms with Gasteiger partial charge in [-0.15, -0.1) is 0 Å². The predicted octanol–water partition coefficient (Wildman–Crippen LogP) is 4.48. The number of nitrogens with one attached hydrogen (secondary N) is 2. The van der Waals surface area contributed by atoms with E-state index in [1.54, 1.807) is 0 Å². The molecule has 1 aromatic heterocycles. The lowest BCUT2D eigenvalue weighted by atomic mass is 10.2. The van der Waals surface area contributed by atoms with Crippen molar-refractivity contribution in [2.75, 3.05) is 41.9 Å². The van der Waals surface area contributed by atoms with Crippen LogP contribution in [0.1, 0.15) is 11.1 Å². The fourth-order valence-electron chi connectivity index (χ4n) is 3.19. The van der Waals surface area contributed by atoms with E-state index in [0.29, 0.717) is 31.9 Å². The van der Waals surface area contributed by atoms with Crippen molar-refractivity contribution in [2.24, 2.45) is 5.10 Å². The van der Waals surface area contributed by atoms with E-state index in [0.717, 1.165) is 12.1 Å². The van der Waals surface area contributed by atoms with Crippen LogP contribution < -0.4 is 15.6 Å². The van der Waals surface area contributed by atoms with E-state index in [9.17, 15) is 23.3 Å². The van der Waals surface area contributed by atoms with Gasteiger partial charge in [-0.2, -0.15) is 33.2 Å². The Morgan fingerprint density at radius 2 is 1.86 bits per heavy atom. The minimum absolute atomic E-state index is 0.000631. The van der Waals surface area contributed by atoms with Gasteiger partial charge in [0.15, 0.2) is 0 Å². The zero-order chi connectivity index (χ0) is 25.7. The number of ether oxygens (including phenoxy) is 1. The fraction of sp³-hybridized carbons (Fsp3) is 0.238. The summed E-state index contributed by atoms with van der Waals surface area (Å²) in [5.41, 5.74) is 2.05. The van der Waals surface area contributed by atoms with Crippen LogP contribution in [-0.2, 0) is 10.9 Å². The quantitative estimate of drug-likeness (QED) is 0.262. The van der Waals surface area contributed by atoms with Crippen molar-refractivity contribution in [2.45, 2.75) is 6.18 Å². The molecule has 4 rings (SSSR count). The lowest BCUT2D eigenvalue weighted by Gasteiger charge is -2.27. The van der Waals surface area contributed by atoms with E-state index in [4.69, 9.17) is 16.3 Å². The van der Waals surface area contributed by atoms with Crippen LogP contribution in [0.4, 0.5) is 42.4 Å². The number of anilines is 4. The zero-order valence-electron chi connectivity index (χ0n) is 18.4. The third-order valence-corrected chi connectivity index (χ3v) is 5.23. The van der Waals surface area contributed by atoms with Crippen LogP contribution >= 0.6 is 11.6 Å². The number of alkyl halides is 3. The number of hydrogen-bond donors (Lipinski definition) is 2. The molecule has 11 nitrogen and oxygen atoms in total. The third kappa shape index (κ3) is 6.34. The van der Waals surface area contributed by atoms with E-state index in [2.05, 4.69) is 30.8 Å². The number of hydrazone groups is 1. The van der Waals surface area contributed by atoms with Crippen LogP contribution in [0.5, 0.6) is 0 Å². The van der Waals surface area contributed by atoms with Crippen LogP contribution in [0.3, 0.4) is 0 Å². The van der Waals surface area contributed by atoms with Crippen LogP contribution in [0.15, 0.2) is 47.6 Å². The maximum Gasteiger partial charge on any atom is 0.416 e. The average molecular weight is 523 g/mol. The molecular weight excluding hydrogens is 505 g/mol. The van der Waals surface area contributed by atoms with Crippen molar-refractivity contribution in [3.05, 3.63) is 68.7 Å².